The van der Waals surface area contributed by atoms with Crippen LogP contribution in [0.3, 0.4) is 0 Å². The van der Waals surface area contributed by atoms with Gasteiger partial charge in [-0.2, -0.15) is 0 Å². The molecule has 1 aromatic rings. The molecule has 0 radical (unpaired) electrons. The number of aliphatic hydroxyl groups is 1. The molecule has 0 unspecified atom stereocenters. The summed E-state index contributed by atoms with van der Waals surface area (Å²) in [6, 6.07) is 9.44. The average molecular weight is 180 g/mol. The Bertz CT molecular complexity index is 248. The molecule has 2 atom stereocenters. The van der Waals surface area contributed by atoms with Crippen LogP contribution >= 0.6 is 0 Å². The van der Waals surface area contributed by atoms with Crippen LogP contribution in [-0.4, -0.2) is 23.2 Å². The SMILES string of the molecule is C[C@H]([C@@H](O)c1ccccc1)N(C)N. The number of rotatable bonds is 3. The van der Waals surface area contributed by atoms with Crippen molar-refractivity contribution in [1.29, 1.82) is 0 Å². The Balaban J connectivity index is 2.73. The van der Waals surface area contributed by atoms with Crippen molar-refractivity contribution in [2.24, 2.45) is 5.84 Å². The van der Waals surface area contributed by atoms with E-state index in [1.165, 1.54) is 5.01 Å². The highest BCUT2D eigenvalue weighted by atomic mass is 16.3. The first-order chi connectivity index (χ1) is 6.13. The Morgan fingerprint density at radius 2 is 1.85 bits per heavy atom. The highest BCUT2D eigenvalue weighted by Gasteiger charge is 2.17. The molecule has 0 spiro atoms. The van der Waals surface area contributed by atoms with E-state index in [2.05, 4.69) is 0 Å². The molecule has 0 saturated heterocycles. The van der Waals surface area contributed by atoms with Gasteiger partial charge in [0.2, 0.25) is 0 Å². The minimum Gasteiger partial charge on any atom is -0.387 e. The summed E-state index contributed by atoms with van der Waals surface area (Å²) in [6.45, 7) is 1.89. The van der Waals surface area contributed by atoms with Crippen LogP contribution in [0.1, 0.15) is 18.6 Å². The summed E-state index contributed by atoms with van der Waals surface area (Å²) in [5.41, 5.74) is 0.896. The molecule has 0 fully saturated rings. The summed E-state index contributed by atoms with van der Waals surface area (Å²) >= 11 is 0. The van der Waals surface area contributed by atoms with Crippen LogP contribution in [0.15, 0.2) is 30.3 Å². The molecule has 3 nitrogen and oxygen atoms in total. The number of nitrogens with zero attached hydrogens (tertiary/aromatic N) is 1. The fourth-order valence-electron chi connectivity index (χ4n) is 1.15. The first-order valence-electron chi connectivity index (χ1n) is 4.33. The molecule has 1 aromatic carbocycles. The van der Waals surface area contributed by atoms with Crippen LogP contribution < -0.4 is 5.84 Å². The number of benzene rings is 1. The Labute approximate surface area is 78.8 Å². The molecule has 0 saturated carbocycles. The molecule has 3 N–H and O–H groups in total. The van der Waals surface area contributed by atoms with Gasteiger partial charge >= 0.3 is 0 Å². The Morgan fingerprint density at radius 1 is 1.31 bits per heavy atom. The maximum Gasteiger partial charge on any atom is 0.0956 e. The van der Waals surface area contributed by atoms with Crippen LogP contribution in [0.4, 0.5) is 0 Å². The van der Waals surface area contributed by atoms with Crippen molar-refractivity contribution in [1.82, 2.24) is 5.01 Å². The first-order valence-corrected chi connectivity index (χ1v) is 4.33. The van der Waals surface area contributed by atoms with Gasteiger partial charge in [-0.05, 0) is 12.5 Å². The molecular formula is C10H16N2O. The fourth-order valence-corrected chi connectivity index (χ4v) is 1.15. The van der Waals surface area contributed by atoms with Gasteiger partial charge in [-0.3, -0.25) is 5.84 Å². The zero-order valence-electron chi connectivity index (χ0n) is 8.01. The highest BCUT2D eigenvalue weighted by Crippen LogP contribution is 2.17. The molecule has 0 bridgehead atoms. The van der Waals surface area contributed by atoms with Gasteiger partial charge in [-0.15, -0.1) is 0 Å². The third-order valence-corrected chi connectivity index (χ3v) is 2.24. The second-order valence-corrected chi connectivity index (χ2v) is 3.26. The number of likely N-dealkylation sites (N-methyl/N-ethyl adjacent to an activating group) is 1. The van der Waals surface area contributed by atoms with E-state index in [-0.39, 0.29) is 6.04 Å². The maximum absolute atomic E-state index is 9.84. The van der Waals surface area contributed by atoms with E-state index in [1.807, 2.05) is 37.3 Å². The van der Waals surface area contributed by atoms with E-state index in [1.54, 1.807) is 7.05 Å². The summed E-state index contributed by atoms with van der Waals surface area (Å²) in [4.78, 5) is 0. The third-order valence-electron chi connectivity index (χ3n) is 2.24. The van der Waals surface area contributed by atoms with Crippen LogP contribution in [0.25, 0.3) is 0 Å². The van der Waals surface area contributed by atoms with Gasteiger partial charge in [0.1, 0.15) is 0 Å². The topological polar surface area (TPSA) is 49.5 Å². The predicted octanol–water partition coefficient (Wildman–Crippen LogP) is 0.914. The molecular weight excluding hydrogens is 164 g/mol. The van der Waals surface area contributed by atoms with Crippen LogP contribution in [-0.2, 0) is 0 Å². The summed E-state index contributed by atoms with van der Waals surface area (Å²) in [5, 5.41) is 11.3. The van der Waals surface area contributed by atoms with Gasteiger partial charge in [-0.25, -0.2) is 5.01 Å². The van der Waals surface area contributed by atoms with Crippen LogP contribution in [0.2, 0.25) is 0 Å². The van der Waals surface area contributed by atoms with Gasteiger partial charge in [0, 0.05) is 7.05 Å². The first kappa shape index (κ1) is 10.2. The van der Waals surface area contributed by atoms with Crippen molar-refractivity contribution in [2.75, 3.05) is 7.05 Å². The lowest BCUT2D eigenvalue weighted by molar-refractivity contribution is 0.0729. The highest BCUT2D eigenvalue weighted by molar-refractivity contribution is 5.18. The number of hydrazine groups is 1. The van der Waals surface area contributed by atoms with Crippen LogP contribution in [0, 0.1) is 0 Å². The Hall–Kier alpha value is -0.900. The lowest BCUT2D eigenvalue weighted by Crippen LogP contribution is -2.39. The molecule has 0 aliphatic heterocycles. The van der Waals surface area contributed by atoms with Crippen molar-refractivity contribution in [3.63, 3.8) is 0 Å². The quantitative estimate of drug-likeness (QED) is 0.537. The van der Waals surface area contributed by atoms with Gasteiger partial charge in [0.15, 0.2) is 0 Å². The van der Waals surface area contributed by atoms with Crippen LogP contribution in [0.5, 0.6) is 0 Å². The molecule has 0 aliphatic rings. The third kappa shape index (κ3) is 2.52. The number of aliphatic hydroxyl groups excluding tert-OH is 1. The largest absolute Gasteiger partial charge is 0.387 e. The van der Waals surface area contributed by atoms with E-state index in [0.29, 0.717) is 0 Å². The summed E-state index contributed by atoms with van der Waals surface area (Å²) < 4.78 is 0. The van der Waals surface area contributed by atoms with Crippen molar-refractivity contribution in [3.05, 3.63) is 35.9 Å². The average Bonchev–Trinajstić information content (AvgIpc) is 2.17. The van der Waals surface area contributed by atoms with Crippen molar-refractivity contribution < 1.29 is 5.11 Å². The molecule has 0 heterocycles. The molecule has 1 rings (SSSR count). The summed E-state index contributed by atoms with van der Waals surface area (Å²) in [6.07, 6.45) is -0.531. The van der Waals surface area contributed by atoms with E-state index in [4.69, 9.17) is 5.84 Å². The summed E-state index contributed by atoms with van der Waals surface area (Å²) in [7, 11) is 1.75. The fraction of sp³-hybridized carbons (Fsp3) is 0.400. The molecule has 0 aromatic heterocycles. The van der Waals surface area contributed by atoms with Crippen molar-refractivity contribution >= 4 is 0 Å². The zero-order valence-corrected chi connectivity index (χ0v) is 8.01. The number of nitrogens with two attached hydrogens (primary N) is 1. The van der Waals surface area contributed by atoms with Gasteiger partial charge in [0.25, 0.3) is 0 Å². The number of hydrogen-bond acceptors (Lipinski definition) is 3. The van der Waals surface area contributed by atoms with Gasteiger partial charge in [0.05, 0.1) is 12.1 Å². The van der Waals surface area contributed by atoms with E-state index in [9.17, 15) is 5.11 Å². The Morgan fingerprint density at radius 3 is 2.31 bits per heavy atom. The van der Waals surface area contributed by atoms with Gasteiger partial charge < -0.3 is 5.11 Å². The second kappa shape index (κ2) is 4.37. The molecule has 13 heavy (non-hydrogen) atoms. The van der Waals surface area contributed by atoms with Gasteiger partial charge in [-0.1, -0.05) is 30.3 Å². The molecule has 72 valence electrons. The lowest BCUT2D eigenvalue weighted by Gasteiger charge is -2.24. The molecule has 3 heteroatoms. The summed E-state index contributed by atoms with van der Waals surface area (Å²) in [5.74, 6) is 5.55. The smallest absolute Gasteiger partial charge is 0.0956 e. The predicted molar refractivity (Wildman–Crippen MR) is 52.8 cm³/mol. The maximum atomic E-state index is 9.84. The van der Waals surface area contributed by atoms with Crippen molar-refractivity contribution in [3.8, 4) is 0 Å². The Kier molecular flexibility index (Phi) is 3.42. The second-order valence-electron chi connectivity index (χ2n) is 3.26. The standard InChI is InChI=1S/C10H16N2O/c1-8(12(2)11)10(13)9-6-4-3-5-7-9/h3-8,10,13H,11H2,1-2H3/t8-,10-/m1/s1. The van der Waals surface area contributed by atoms with Crippen molar-refractivity contribution in [2.45, 2.75) is 19.1 Å². The number of hydrogen-bond donors (Lipinski definition) is 2. The molecule has 0 amide bonds. The van der Waals surface area contributed by atoms with E-state index < -0.39 is 6.10 Å². The monoisotopic (exact) mass is 180 g/mol. The zero-order chi connectivity index (χ0) is 9.84. The molecule has 0 aliphatic carbocycles. The minimum absolute atomic E-state index is 0.0811. The van der Waals surface area contributed by atoms with E-state index in [0.717, 1.165) is 5.56 Å². The minimum atomic E-state index is -0.531. The lowest BCUT2D eigenvalue weighted by atomic mass is 10.0. The normalized spacial score (nSPS) is 15.8. The van der Waals surface area contributed by atoms with E-state index >= 15 is 0 Å².